The van der Waals surface area contributed by atoms with Gasteiger partial charge < -0.3 is 10.0 Å². The van der Waals surface area contributed by atoms with Crippen LogP contribution in [-0.2, 0) is 11.2 Å². The van der Waals surface area contributed by atoms with Crippen molar-refractivity contribution in [3.63, 3.8) is 0 Å². The summed E-state index contributed by atoms with van der Waals surface area (Å²) in [5.74, 6) is -1.18. The summed E-state index contributed by atoms with van der Waals surface area (Å²) < 4.78 is 0. The van der Waals surface area contributed by atoms with Crippen LogP contribution >= 0.6 is 0 Å². The lowest BCUT2D eigenvalue weighted by atomic mass is 9.93. The van der Waals surface area contributed by atoms with Gasteiger partial charge in [0.25, 0.3) is 0 Å². The van der Waals surface area contributed by atoms with Crippen LogP contribution in [0.2, 0.25) is 0 Å². The normalized spacial score (nSPS) is 14.6. The second-order valence-electron chi connectivity index (χ2n) is 4.63. The summed E-state index contributed by atoms with van der Waals surface area (Å²) in [5.41, 5.74) is 2.33. The van der Waals surface area contributed by atoms with Crippen molar-refractivity contribution in [2.24, 2.45) is 5.92 Å². The Hall–Kier alpha value is -1.35. The molecular formula is C14H21NO2. The molecule has 0 saturated heterocycles. The van der Waals surface area contributed by atoms with E-state index in [4.69, 9.17) is 5.11 Å². The highest BCUT2D eigenvalue weighted by Gasteiger charge is 2.26. The smallest absolute Gasteiger partial charge is 0.308 e. The maximum atomic E-state index is 11.1. The second kappa shape index (κ2) is 5.82. The first-order valence-electron chi connectivity index (χ1n) is 5.95. The summed E-state index contributed by atoms with van der Waals surface area (Å²) in [5, 5.41) is 9.14. The van der Waals surface area contributed by atoms with Crippen LogP contribution in [0, 0.1) is 5.92 Å². The predicted octanol–water partition coefficient (Wildman–Crippen LogP) is 2.57. The van der Waals surface area contributed by atoms with Gasteiger partial charge in [-0.05, 0) is 31.6 Å². The Labute approximate surface area is 103 Å². The van der Waals surface area contributed by atoms with Gasteiger partial charge in [0.15, 0.2) is 0 Å². The minimum absolute atomic E-state index is 0.0848. The molecule has 0 saturated carbocycles. The molecule has 94 valence electrons. The Morgan fingerprint density at radius 2 is 1.82 bits per heavy atom. The summed E-state index contributed by atoms with van der Waals surface area (Å²) in [6, 6.07) is 8.12. The number of carboxylic acids is 1. The number of rotatable bonds is 5. The van der Waals surface area contributed by atoms with Crippen LogP contribution in [0.3, 0.4) is 0 Å². The highest BCUT2D eigenvalue weighted by molar-refractivity contribution is 5.70. The number of aliphatic carboxylic acids is 1. The summed E-state index contributed by atoms with van der Waals surface area (Å²) in [6.45, 7) is 3.86. The highest BCUT2D eigenvalue weighted by atomic mass is 16.4. The maximum Gasteiger partial charge on any atom is 0.308 e. The Morgan fingerprint density at radius 1 is 1.29 bits per heavy atom. The zero-order valence-electron chi connectivity index (χ0n) is 11.0. The fourth-order valence-electron chi connectivity index (χ4n) is 2.12. The molecule has 0 spiro atoms. The Bertz CT molecular complexity index is 370. The van der Waals surface area contributed by atoms with E-state index in [1.54, 1.807) is 6.92 Å². The van der Waals surface area contributed by atoms with E-state index in [2.05, 4.69) is 19.1 Å². The molecule has 1 aromatic carbocycles. The lowest BCUT2D eigenvalue weighted by Gasteiger charge is -2.28. The van der Waals surface area contributed by atoms with Gasteiger partial charge >= 0.3 is 5.97 Å². The number of nitrogens with zero attached hydrogens (tertiary/aromatic N) is 1. The van der Waals surface area contributed by atoms with Gasteiger partial charge in [0.05, 0.1) is 5.92 Å². The summed E-state index contributed by atoms with van der Waals surface area (Å²) >= 11 is 0. The summed E-state index contributed by atoms with van der Waals surface area (Å²) in [6.07, 6.45) is 1.00. The molecule has 0 amide bonds. The van der Waals surface area contributed by atoms with Crippen molar-refractivity contribution in [3.05, 3.63) is 35.4 Å². The van der Waals surface area contributed by atoms with Crippen LogP contribution in [0.1, 0.15) is 31.0 Å². The van der Waals surface area contributed by atoms with Crippen molar-refractivity contribution >= 4 is 5.97 Å². The molecule has 0 aliphatic heterocycles. The number of benzene rings is 1. The Morgan fingerprint density at radius 3 is 2.18 bits per heavy atom. The Balaban J connectivity index is 3.01. The molecule has 3 nitrogen and oxygen atoms in total. The van der Waals surface area contributed by atoms with E-state index in [0.717, 1.165) is 12.0 Å². The number of hydrogen-bond acceptors (Lipinski definition) is 2. The van der Waals surface area contributed by atoms with Gasteiger partial charge in [-0.1, -0.05) is 38.1 Å². The van der Waals surface area contributed by atoms with Gasteiger partial charge in [-0.2, -0.15) is 0 Å². The fourth-order valence-corrected chi connectivity index (χ4v) is 2.12. The monoisotopic (exact) mass is 235 g/mol. The van der Waals surface area contributed by atoms with Gasteiger partial charge in [0.1, 0.15) is 0 Å². The molecule has 0 radical (unpaired) electrons. The largest absolute Gasteiger partial charge is 0.481 e. The number of aryl methyl sites for hydroxylation is 1. The molecule has 3 heteroatoms. The van der Waals surface area contributed by atoms with E-state index < -0.39 is 11.9 Å². The van der Waals surface area contributed by atoms with Gasteiger partial charge in [0, 0.05) is 6.04 Å². The standard InChI is InChI=1S/C14H21NO2/c1-5-11-6-8-12(9-7-11)13(15(3)4)10(2)14(16)17/h6-10,13H,5H2,1-4H3,(H,16,17). The lowest BCUT2D eigenvalue weighted by molar-refractivity contribution is -0.143. The average Bonchev–Trinajstić information content (AvgIpc) is 2.29. The molecule has 2 unspecified atom stereocenters. The van der Waals surface area contributed by atoms with Crippen molar-refractivity contribution < 1.29 is 9.90 Å². The molecule has 0 aliphatic carbocycles. The van der Waals surface area contributed by atoms with Gasteiger partial charge in [-0.3, -0.25) is 4.79 Å². The van der Waals surface area contributed by atoms with Crippen LogP contribution in [-0.4, -0.2) is 30.1 Å². The van der Waals surface area contributed by atoms with E-state index in [9.17, 15) is 4.79 Å². The molecule has 2 atom stereocenters. The van der Waals surface area contributed by atoms with Crippen LogP contribution in [0.25, 0.3) is 0 Å². The van der Waals surface area contributed by atoms with Crippen molar-refractivity contribution in [2.45, 2.75) is 26.3 Å². The van der Waals surface area contributed by atoms with Crippen LogP contribution in [0.4, 0.5) is 0 Å². The van der Waals surface area contributed by atoms with Crippen LogP contribution in [0.5, 0.6) is 0 Å². The number of carboxylic acid groups (broad SMARTS) is 1. The van der Waals surface area contributed by atoms with Gasteiger partial charge in [-0.15, -0.1) is 0 Å². The van der Waals surface area contributed by atoms with E-state index in [0.29, 0.717) is 0 Å². The third-order valence-corrected chi connectivity index (χ3v) is 3.15. The molecule has 0 aliphatic rings. The predicted molar refractivity (Wildman–Crippen MR) is 69.0 cm³/mol. The summed E-state index contributed by atoms with van der Waals surface area (Å²) in [4.78, 5) is 13.1. The fraction of sp³-hybridized carbons (Fsp3) is 0.500. The van der Waals surface area contributed by atoms with Crippen molar-refractivity contribution in [2.75, 3.05) is 14.1 Å². The molecule has 1 aromatic rings. The first-order valence-corrected chi connectivity index (χ1v) is 5.95. The Kier molecular flexibility index (Phi) is 4.70. The molecule has 0 aromatic heterocycles. The van der Waals surface area contributed by atoms with Crippen LogP contribution < -0.4 is 0 Å². The molecule has 0 heterocycles. The molecule has 1 N–H and O–H groups in total. The van der Waals surface area contributed by atoms with E-state index >= 15 is 0 Å². The molecular weight excluding hydrogens is 214 g/mol. The third-order valence-electron chi connectivity index (χ3n) is 3.15. The molecule has 17 heavy (non-hydrogen) atoms. The van der Waals surface area contributed by atoms with Gasteiger partial charge in [0.2, 0.25) is 0 Å². The van der Waals surface area contributed by atoms with E-state index in [1.165, 1.54) is 5.56 Å². The van der Waals surface area contributed by atoms with E-state index in [-0.39, 0.29) is 6.04 Å². The lowest BCUT2D eigenvalue weighted by Crippen LogP contribution is -2.30. The summed E-state index contributed by atoms with van der Waals surface area (Å²) in [7, 11) is 3.83. The first kappa shape index (κ1) is 13.7. The highest BCUT2D eigenvalue weighted by Crippen LogP contribution is 2.27. The molecule has 1 rings (SSSR count). The van der Waals surface area contributed by atoms with Crippen molar-refractivity contribution in [1.82, 2.24) is 4.90 Å². The first-order chi connectivity index (χ1) is 7.97. The van der Waals surface area contributed by atoms with Crippen molar-refractivity contribution in [3.8, 4) is 0 Å². The quantitative estimate of drug-likeness (QED) is 0.852. The molecule has 0 bridgehead atoms. The van der Waals surface area contributed by atoms with Gasteiger partial charge in [-0.25, -0.2) is 0 Å². The zero-order valence-corrected chi connectivity index (χ0v) is 11.0. The second-order valence-corrected chi connectivity index (χ2v) is 4.63. The maximum absolute atomic E-state index is 11.1. The zero-order chi connectivity index (χ0) is 13.0. The topological polar surface area (TPSA) is 40.5 Å². The van der Waals surface area contributed by atoms with Crippen LogP contribution in [0.15, 0.2) is 24.3 Å². The number of carbonyl (C=O) groups is 1. The van der Waals surface area contributed by atoms with Crippen molar-refractivity contribution in [1.29, 1.82) is 0 Å². The third kappa shape index (κ3) is 3.30. The number of hydrogen-bond donors (Lipinski definition) is 1. The SMILES string of the molecule is CCc1ccc(C(C(C)C(=O)O)N(C)C)cc1. The van der Waals surface area contributed by atoms with E-state index in [1.807, 2.05) is 31.1 Å². The minimum atomic E-state index is -0.761. The average molecular weight is 235 g/mol. The molecule has 0 fully saturated rings. The minimum Gasteiger partial charge on any atom is -0.481 e.